The molecule has 1 amide bonds. The number of aliphatic hydroxyl groups is 3. The first kappa shape index (κ1) is 15.2. The van der Waals surface area contributed by atoms with Gasteiger partial charge in [-0.2, -0.15) is 5.26 Å². The van der Waals surface area contributed by atoms with Gasteiger partial charge in [0.25, 0.3) is 0 Å². The maximum Gasteiger partial charge on any atom is 0.217 e. The first-order chi connectivity index (χ1) is 8.51. The Morgan fingerprint density at radius 1 is 1.50 bits per heavy atom. The van der Waals surface area contributed by atoms with Crippen molar-refractivity contribution < 1.29 is 24.9 Å². The van der Waals surface area contributed by atoms with E-state index in [-0.39, 0.29) is 11.7 Å². The number of hydrogen-bond acceptors (Lipinski definition) is 7. The maximum atomic E-state index is 11.1. The smallest absolute Gasteiger partial charge is 0.217 e. The van der Waals surface area contributed by atoms with Gasteiger partial charge in [0.05, 0.1) is 24.5 Å². The van der Waals surface area contributed by atoms with E-state index in [2.05, 4.69) is 5.32 Å². The minimum absolute atomic E-state index is 0.113. The second kappa shape index (κ2) is 6.92. The van der Waals surface area contributed by atoms with Gasteiger partial charge in [-0.05, 0) is 0 Å². The molecule has 1 aliphatic rings. The molecule has 0 aromatic heterocycles. The molecule has 8 heteroatoms. The van der Waals surface area contributed by atoms with Crippen molar-refractivity contribution in [3.05, 3.63) is 0 Å². The molecule has 4 N–H and O–H groups in total. The Morgan fingerprint density at radius 3 is 2.67 bits per heavy atom. The summed E-state index contributed by atoms with van der Waals surface area (Å²) in [4.78, 5) is 11.1. The molecule has 1 rings (SSSR count). The third kappa shape index (κ3) is 3.57. The van der Waals surface area contributed by atoms with Crippen molar-refractivity contribution in [2.24, 2.45) is 0 Å². The molecule has 1 heterocycles. The number of amides is 1. The van der Waals surface area contributed by atoms with Crippen LogP contribution in [0.4, 0.5) is 0 Å². The molecule has 0 aromatic rings. The van der Waals surface area contributed by atoms with E-state index in [4.69, 9.17) is 15.1 Å². The molecule has 102 valence electrons. The van der Waals surface area contributed by atoms with Crippen LogP contribution in [-0.4, -0.2) is 63.4 Å². The van der Waals surface area contributed by atoms with Gasteiger partial charge in [0, 0.05) is 6.92 Å². The second-order valence-corrected chi connectivity index (χ2v) is 4.99. The van der Waals surface area contributed by atoms with Crippen LogP contribution < -0.4 is 5.32 Å². The van der Waals surface area contributed by atoms with Crippen LogP contribution in [0.2, 0.25) is 0 Å². The number of rotatable bonds is 4. The Labute approximate surface area is 109 Å². The predicted molar refractivity (Wildman–Crippen MR) is 63.4 cm³/mol. The Morgan fingerprint density at radius 2 is 2.17 bits per heavy atom. The Balaban J connectivity index is 2.80. The third-order valence-electron chi connectivity index (χ3n) is 2.56. The van der Waals surface area contributed by atoms with E-state index in [1.807, 2.05) is 6.07 Å². The van der Waals surface area contributed by atoms with Gasteiger partial charge in [-0.25, -0.2) is 0 Å². The highest BCUT2D eigenvalue weighted by molar-refractivity contribution is 8.00. The fraction of sp³-hybridized carbons (Fsp3) is 0.800. The number of nitrogens with zero attached hydrogens (tertiary/aromatic N) is 1. The van der Waals surface area contributed by atoms with E-state index in [0.29, 0.717) is 0 Å². The molecular weight excluding hydrogens is 260 g/mol. The van der Waals surface area contributed by atoms with Crippen molar-refractivity contribution in [1.82, 2.24) is 5.32 Å². The summed E-state index contributed by atoms with van der Waals surface area (Å²) in [5.41, 5.74) is -0.691. The van der Waals surface area contributed by atoms with E-state index in [0.717, 1.165) is 11.8 Å². The van der Waals surface area contributed by atoms with Gasteiger partial charge in [-0.3, -0.25) is 4.79 Å². The van der Waals surface area contributed by atoms with Gasteiger partial charge >= 0.3 is 0 Å². The summed E-state index contributed by atoms with van der Waals surface area (Å²) in [6.45, 7) is 0.831. The lowest BCUT2D eigenvalue weighted by Gasteiger charge is -2.42. The van der Waals surface area contributed by atoms with Crippen molar-refractivity contribution in [2.45, 2.75) is 36.7 Å². The molecule has 1 saturated heterocycles. The molecule has 5 atom stereocenters. The summed E-state index contributed by atoms with van der Waals surface area (Å²) in [7, 11) is 0. The monoisotopic (exact) mass is 276 g/mol. The number of nitrogens with one attached hydrogen (secondary N) is 1. The average molecular weight is 276 g/mol. The van der Waals surface area contributed by atoms with Crippen molar-refractivity contribution in [1.29, 1.82) is 5.26 Å². The van der Waals surface area contributed by atoms with E-state index in [9.17, 15) is 15.0 Å². The average Bonchev–Trinajstić information content (AvgIpc) is 2.33. The quantitative estimate of drug-likeness (QED) is 0.477. The number of aliphatic hydroxyl groups excluding tert-OH is 3. The molecule has 1 aliphatic heterocycles. The number of carbonyl (C=O) groups excluding carboxylic acids is 1. The van der Waals surface area contributed by atoms with E-state index in [1.165, 1.54) is 6.92 Å². The molecule has 0 aliphatic carbocycles. The van der Waals surface area contributed by atoms with E-state index in [1.54, 1.807) is 0 Å². The Bertz CT molecular complexity index is 335. The lowest BCUT2D eigenvalue weighted by molar-refractivity contribution is -0.173. The lowest BCUT2D eigenvalue weighted by Crippen LogP contribution is -2.63. The molecule has 2 unspecified atom stereocenters. The predicted octanol–water partition coefficient (Wildman–Crippen LogP) is -1.81. The SMILES string of the molecule is CC(=O)N[C@H]1C(O)[C@H](O)C(CO)O[C@H]1SCC#N. The Kier molecular flexibility index (Phi) is 5.84. The highest BCUT2D eigenvalue weighted by atomic mass is 32.2. The van der Waals surface area contributed by atoms with Gasteiger partial charge in [0.1, 0.15) is 23.7 Å². The van der Waals surface area contributed by atoms with Gasteiger partial charge in [0.2, 0.25) is 5.91 Å². The standard InChI is InChI=1S/C10H16N2O5S/c1-5(14)12-7-9(16)8(15)6(4-13)17-10(7)18-3-2-11/h6-10,13,15-16H,3-4H2,1H3,(H,12,14)/t6?,7-,8+,9?,10-/m0/s1. The summed E-state index contributed by atoms with van der Waals surface area (Å²) in [6, 6.07) is 1.09. The fourth-order valence-electron chi connectivity index (χ4n) is 1.73. The molecule has 1 fully saturated rings. The second-order valence-electron chi connectivity index (χ2n) is 3.90. The normalized spacial score (nSPS) is 35.8. The molecule has 7 nitrogen and oxygen atoms in total. The highest BCUT2D eigenvalue weighted by Gasteiger charge is 2.44. The minimum atomic E-state index is -1.29. The highest BCUT2D eigenvalue weighted by Crippen LogP contribution is 2.28. The lowest BCUT2D eigenvalue weighted by atomic mass is 9.98. The Hall–Kier alpha value is -0.850. The van der Waals surface area contributed by atoms with E-state index < -0.39 is 36.4 Å². The summed E-state index contributed by atoms with van der Waals surface area (Å²) >= 11 is 1.09. The number of thioether (sulfide) groups is 1. The first-order valence-corrected chi connectivity index (χ1v) is 6.44. The van der Waals surface area contributed by atoms with Crippen LogP contribution in [0.1, 0.15) is 6.92 Å². The van der Waals surface area contributed by atoms with Crippen molar-refractivity contribution in [3.63, 3.8) is 0 Å². The number of hydrogen-bond donors (Lipinski definition) is 4. The van der Waals surface area contributed by atoms with Crippen LogP contribution in [0.15, 0.2) is 0 Å². The van der Waals surface area contributed by atoms with Gasteiger partial charge in [0.15, 0.2) is 0 Å². The van der Waals surface area contributed by atoms with Crippen molar-refractivity contribution >= 4 is 17.7 Å². The number of carbonyl (C=O) groups is 1. The van der Waals surface area contributed by atoms with Crippen LogP contribution in [-0.2, 0) is 9.53 Å². The molecule has 0 spiro atoms. The molecule has 0 bridgehead atoms. The van der Waals surface area contributed by atoms with Crippen molar-refractivity contribution in [2.75, 3.05) is 12.4 Å². The van der Waals surface area contributed by atoms with Gasteiger partial charge in [-0.1, -0.05) is 0 Å². The maximum absolute atomic E-state index is 11.1. The largest absolute Gasteiger partial charge is 0.394 e. The molecule has 0 radical (unpaired) electrons. The minimum Gasteiger partial charge on any atom is -0.394 e. The zero-order valence-electron chi connectivity index (χ0n) is 9.81. The van der Waals surface area contributed by atoms with Crippen LogP contribution in [0, 0.1) is 11.3 Å². The van der Waals surface area contributed by atoms with Crippen LogP contribution in [0.5, 0.6) is 0 Å². The summed E-state index contributed by atoms with van der Waals surface area (Å²) in [5.74, 6) is -0.262. The summed E-state index contributed by atoms with van der Waals surface area (Å²) in [6.07, 6.45) is -3.47. The van der Waals surface area contributed by atoms with Crippen LogP contribution >= 0.6 is 11.8 Å². The van der Waals surface area contributed by atoms with Gasteiger partial charge < -0.3 is 25.4 Å². The molecule has 0 aromatic carbocycles. The van der Waals surface area contributed by atoms with Crippen molar-refractivity contribution in [3.8, 4) is 6.07 Å². The molecule has 18 heavy (non-hydrogen) atoms. The fourth-order valence-corrected chi connectivity index (χ4v) is 2.63. The third-order valence-corrected chi connectivity index (χ3v) is 3.59. The zero-order valence-corrected chi connectivity index (χ0v) is 10.6. The summed E-state index contributed by atoms with van der Waals surface area (Å²) < 4.78 is 5.37. The van der Waals surface area contributed by atoms with Crippen LogP contribution in [0.3, 0.4) is 0 Å². The number of ether oxygens (including phenoxy) is 1. The van der Waals surface area contributed by atoms with E-state index >= 15 is 0 Å². The van der Waals surface area contributed by atoms with Crippen LogP contribution in [0.25, 0.3) is 0 Å². The summed E-state index contributed by atoms with van der Waals surface area (Å²) in [5, 5.41) is 39.7. The topological polar surface area (TPSA) is 123 Å². The number of nitriles is 1. The zero-order chi connectivity index (χ0) is 13.7. The molecular formula is C10H16N2O5S. The molecule has 0 saturated carbocycles. The first-order valence-electron chi connectivity index (χ1n) is 5.39. The van der Waals surface area contributed by atoms with Gasteiger partial charge in [-0.15, -0.1) is 11.8 Å².